The molecule has 0 saturated heterocycles. The number of hydrogen-bond acceptors (Lipinski definition) is 2. The number of hydrogen-bond donors (Lipinski definition) is 3. The van der Waals surface area contributed by atoms with Gasteiger partial charge in [0, 0.05) is 11.8 Å². The molecule has 0 fully saturated rings. The van der Waals surface area contributed by atoms with E-state index >= 15 is 0 Å². The van der Waals surface area contributed by atoms with Crippen molar-refractivity contribution in [2.75, 3.05) is 5.32 Å². The molecule has 0 radical (unpaired) electrons. The molecular formula is C13H17F2N3O2. The molecule has 5 nitrogen and oxygen atoms in total. The molecule has 2 atom stereocenters. The monoisotopic (exact) mass is 285 g/mol. The highest BCUT2D eigenvalue weighted by Crippen LogP contribution is 2.15. The van der Waals surface area contributed by atoms with E-state index in [-0.39, 0.29) is 11.6 Å². The van der Waals surface area contributed by atoms with Crippen LogP contribution in [0, 0.1) is 17.6 Å². The number of rotatable bonds is 5. The van der Waals surface area contributed by atoms with Crippen LogP contribution in [-0.2, 0) is 4.79 Å². The van der Waals surface area contributed by atoms with Gasteiger partial charge in [-0.05, 0) is 18.1 Å². The number of anilines is 1. The number of carbonyl (C=O) groups is 2. The molecule has 0 aromatic heterocycles. The van der Waals surface area contributed by atoms with Crippen molar-refractivity contribution < 1.29 is 18.4 Å². The number of halogens is 2. The highest BCUT2D eigenvalue weighted by molar-refractivity contribution is 5.97. The normalized spacial score (nSPS) is 13.4. The van der Waals surface area contributed by atoms with Crippen molar-refractivity contribution in [2.45, 2.75) is 26.3 Å². The number of nitrogens with one attached hydrogen (secondary N) is 2. The minimum absolute atomic E-state index is 0.0212. The smallest absolute Gasteiger partial charge is 0.312 e. The summed E-state index contributed by atoms with van der Waals surface area (Å²) in [5.41, 5.74) is 4.99. The Morgan fingerprint density at radius 3 is 2.25 bits per heavy atom. The summed E-state index contributed by atoms with van der Waals surface area (Å²) in [5, 5.41) is 4.67. The summed E-state index contributed by atoms with van der Waals surface area (Å²) in [5.74, 6) is -2.37. The number of benzene rings is 1. The van der Waals surface area contributed by atoms with Crippen LogP contribution in [0.3, 0.4) is 0 Å². The second-order valence-corrected chi connectivity index (χ2v) is 4.52. The summed E-state index contributed by atoms with van der Waals surface area (Å²) in [6.07, 6.45) is 0.621. The van der Waals surface area contributed by atoms with Crippen molar-refractivity contribution in [1.82, 2.24) is 5.32 Å². The van der Waals surface area contributed by atoms with E-state index in [1.54, 1.807) is 6.92 Å². The number of primary amides is 1. The topological polar surface area (TPSA) is 84.2 Å². The standard InChI is InChI=1S/C13H17F2N3O2/c1-3-7(2)11(18-13(16)20)12(19)17-10-5-8(14)4-9(15)6-10/h4-7,11H,3H2,1-2H3,(H,17,19)(H3,16,18,20)/t7-,11-/m1/s1. The molecule has 0 unspecified atom stereocenters. The van der Waals surface area contributed by atoms with E-state index in [0.29, 0.717) is 12.5 Å². The summed E-state index contributed by atoms with van der Waals surface area (Å²) in [6.45, 7) is 3.60. The lowest BCUT2D eigenvalue weighted by molar-refractivity contribution is -0.119. The van der Waals surface area contributed by atoms with Crippen LogP contribution in [0.4, 0.5) is 19.3 Å². The molecule has 0 aliphatic heterocycles. The maximum absolute atomic E-state index is 13.0. The van der Waals surface area contributed by atoms with Gasteiger partial charge in [0.15, 0.2) is 0 Å². The van der Waals surface area contributed by atoms with Gasteiger partial charge in [-0.2, -0.15) is 0 Å². The zero-order valence-electron chi connectivity index (χ0n) is 11.2. The first-order valence-electron chi connectivity index (χ1n) is 6.16. The molecule has 0 aliphatic carbocycles. The fourth-order valence-corrected chi connectivity index (χ4v) is 1.70. The third-order valence-corrected chi connectivity index (χ3v) is 2.92. The molecule has 1 aromatic carbocycles. The van der Waals surface area contributed by atoms with Gasteiger partial charge in [0.2, 0.25) is 5.91 Å². The molecule has 20 heavy (non-hydrogen) atoms. The number of amides is 3. The van der Waals surface area contributed by atoms with Crippen LogP contribution in [-0.4, -0.2) is 18.0 Å². The SMILES string of the molecule is CC[C@@H](C)[C@@H](NC(N)=O)C(=O)Nc1cc(F)cc(F)c1. The number of carbonyl (C=O) groups excluding carboxylic acids is 2. The molecule has 4 N–H and O–H groups in total. The Labute approximate surface area is 115 Å². The predicted molar refractivity (Wildman–Crippen MR) is 70.9 cm³/mol. The maximum Gasteiger partial charge on any atom is 0.312 e. The van der Waals surface area contributed by atoms with Gasteiger partial charge in [0.1, 0.15) is 17.7 Å². The Morgan fingerprint density at radius 1 is 1.25 bits per heavy atom. The van der Waals surface area contributed by atoms with Crippen LogP contribution in [0.5, 0.6) is 0 Å². The fraction of sp³-hybridized carbons (Fsp3) is 0.385. The van der Waals surface area contributed by atoms with E-state index in [4.69, 9.17) is 5.73 Å². The highest BCUT2D eigenvalue weighted by atomic mass is 19.1. The lowest BCUT2D eigenvalue weighted by Gasteiger charge is -2.22. The van der Waals surface area contributed by atoms with Gasteiger partial charge in [-0.25, -0.2) is 13.6 Å². The average Bonchev–Trinajstić information content (AvgIpc) is 2.33. The first-order valence-corrected chi connectivity index (χ1v) is 6.16. The summed E-state index contributed by atoms with van der Waals surface area (Å²) < 4.78 is 26.1. The van der Waals surface area contributed by atoms with Gasteiger partial charge >= 0.3 is 6.03 Å². The molecule has 0 spiro atoms. The first kappa shape index (κ1) is 15.9. The molecule has 0 heterocycles. The largest absolute Gasteiger partial charge is 0.352 e. The number of nitrogens with two attached hydrogens (primary N) is 1. The minimum atomic E-state index is -0.871. The highest BCUT2D eigenvalue weighted by Gasteiger charge is 2.25. The van der Waals surface area contributed by atoms with E-state index in [9.17, 15) is 18.4 Å². The van der Waals surface area contributed by atoms with E-state index in [0.717, 1.165) is 12.1 Å². The van der Waals surface area contributed by atoms with E-state index < -0.39 is 29.6 Å². The molecule has 3 amide bonds. The average molecular weight is 285 g/mol. The Morgan fingerprint density at radius 2 is 1.80 bits per heavy atom. The summed E-state index contributed by atoms with van der Waals surface area (Å²) >= 11 is 0. The second-order valence-electron chi connectivity index (χ2n) is 4.52. The van der Waals surface area contributed by atoms with Crippen LogP contribution in [0.25, 0.3) is 0 Å². The lowest BCUT2D eigenvalue weighted by atomic mass is 9.98. The van der Waals surface area contributed by atoms with Gasteiger partial charge in [0.05, 0.1) is 0 Å². The molecule has 7 heteroatoms. The van der Waals surface area contributed by atoms with E-state index in [1.165, 1.54) is 0 Å². The molecule has 110 valence electrons. The summed E-state index contributed by atoms with van der Waals surface area (Å²) in [4.78, 5) is 23.0. The van der Waals surface area contributed by atoms with Crippen LogP contribution >= 0.6 is 0 Å². The van der Waals surface area contributed by atoms with Crippen molar-refractivity contribution in [3.05, 3.63) is 29.8 Å². The predicted octanol–water partition coefficient (Wildman–Crippen LogP) is 1.99. The van der Waals surface area contributed by atoms with Gasteiger partial charge in [-0.1, -0.05) is 20.3 Å². The fourth-order valence-electron chi connectivity index (χ4n) is 1.70. The van der Waals surface area contributed by atoms with Crippen molar-refractivity contribution in [2.24, 2.45) is 11.7 Å². The van der Waals surface area contributed by atoms with Crippen LogP contribution < -0.4 is 16.4 Å². The summed E-state index contributed by atoms with van der Waals surface area (Å²) in [7, 11) is 0. The first-order chi connectivity index (χ1) is 9.33. The number of urea groups is 1. The zero-order valence-corrected chi connectivity index (χ0v) is 11.2. The third kappa shape index (κ3) is 4.49. The Balaban J connectivity index is 2.87. The Hall–Kier alpha value is -2.18. The van der Waals surface area contributed by atoms with Gasteiger partial charge in [-0.3, -0.25) is 4.79 Å². The Bertz CT molecular complexity index is 488. The van der Waals surface area contributed by atoms with Gasteiger partial charge in [0.25, 0.3) is 0 Å². The van der Waals surface area contributed by atoms with E-state index in [2.05, 4.69) is 10.6 Å². The zero-order chi connectivity index (χ0) is 15.3. The van der Waals surface area contributed by atoms with Crippen LogP contribution in [0.15, 0.2) is 18.2 Å². The quantitative estimate of drug-likeness (QED) is 0.773. The van der Waals surface area contributed by atoms with E-state index in [1.807, 2.05) is 6.92 Å². The van der Waals surface area contributed by atoms with Gasteiger partial charge in [-0.15, -0.1) is 0 Å². The lowest BCUT2D eigenvalue weighted by Crippen LogP contribution is -2.49. The van der Waals surface area contributed by atoms with Crippen molar-refractivity contribution in [3.63, 3.8) is 0 Å². The van der Waals surface area contributed by atoms with Gasteiger partial charge < -0.3 is 16.4 Å². The molecule has 0 bridgehead atoms. The minimum Gasteiger partial charge on any atom is -0.352 e. The molecular weight excluding hydrogens is 268 g/mol. The van der Waals surface area contributed by atoms with Crippen molar-refractivity contribution in [1.29, 1.82) is 0 Å². The third-order valence-electron chi connectivity index (χ3n) is 2.92. The van der Waals surface area contributed by atoms with Crippen molar-refractivity contribution >= 4 is 17.6 Å². The Kier molecular flexibility index (Phi) is 5.42. The summed E-state index contributed by atoms with van der Waals surface area (Å²) in [6, 6.07) is 0.959. The van der Waals surface area contributed by atoms with Crippen LogP contribution in [0.2, 0.25) is 0 Å². The van der Waals surface area contributed by atoms with Crippen LogP contribution in [0.1, 0.15) is 20.3 Å². The second kappa shape index (κ2) is 6.83. The molecule has 1 aromatic rings. The molecule has 0 saturated carbocycles. The maximum atomic E-state index is 13.0. The molecule has 0 aliphatic rings. The molecule has 1 rings (SSSR count). The van der Waals surface area contributed by atoms with Crippen molar-refractivity contribution in [3.8, 4) is 0 Å².